The van der Waals surface area contributed by atoms with Gasteiger partial charge < -0.3 is 10.1 Å². The molecule has 1 saturated heterocycles. The van der Waals surface area contributed by atoms with Crippen LogP contribution in [0.1, 0.15) is 6.92 Å². The molecule has 7 nitrogen and oxygen atoms in total. The maximum Gasteiger partial charge on any atom is 0.321 e. The number of benzene rings is 2. The van der Waals surface area contributed by atoms with Crippen LogP contribution in [0.3, 0.4) is 0 Å². The number of amides is 2. The first-order valence-electron chi connectivity index (χ1n) is 7.80. The third-order valence-corrected chi connectivity index (χ3v) is 4.78. The number of ether oxygens (including phenoxy) is 1. The zero-order valence-corrected chi connectivity index (χ0v) is 14.4. The van der Waals surface area contributed by atoms with E-state index in [4.69, 9.17) is 4.74 Å². The Bertz CT molecular complexity index is 911. The molecule has 0 radical (unpaired) electrons. The van der Waals surface area contributed by atoms with Crippen LogP contribution in [0.15, 0.2) is 47.4 Å². The summed E-state index contributed by atoms with van der Waals surface area (Å²) in [6.07, 6.45) is 0. The minimum Gasteiger partial charge on any atom is -0.494 e. The van der Waals surface area contributed by atoms with E-state index in [1.165, 1.54) is 17.0 Å². The summed E-state index contributed by atoms with van der Waals surface area (Å²) >= 11 is 0. The molecule has 1 aliphatic rings. The molecule has 0 aromatic heterocycles. The van der Waals surface area contributed by atoms with E-state index in [2.05, 4.69) is 5.32 Å². The monoisotopic (exact) mass is 362 g/mol. The largest absolute Gasteiger partial charge is 0.494 e. The quantitative estimate of drug-likeness (QED) is 0.797. The van der Waals surface area contributed by atoms with E-state index in [0.29, 0.717) is 42.3 Å². The summed E-state index contributed by atoms with van der Waals surface area (Å²) in [5.41, 5.74) is 1.43. The fourth-order valence-electron chi connectivity index (χ4n) is 2.77. The number of urea groups is 1. The maximum atomic E-state index is 11.9. The average Bonchev–Trinajstić information content (AvgIpc) is 3.00. The van der Waals surface area contributed by atoms with Crippen molar-refractivity contribution in [2.45, 2.75) is 11.8 Å². The van der Waals surface area contributed by atoms with Gasteiger partial charge in [-0.2, -0.15) is 8.42 Å². The Balaban J connectivity index is 2.14. The zero-order chi connectivity index (χ0) is 18.0. The van der Waals surface area contributed by atoms with E-state index in [1.54, 1.807) is 30.3 Å². The molecule has 0 atom stereocenters. The van der Waals surface area contributed by atoms with Gasteiger partial charge in [-0.15, -0.1) is 0 Å². The minimum atomic E-state index is -4.42. The third-order valence-electron chi connectivity index (χ3n) is 3.87. The lowest BCUT2D eigenvalue weighted by atomic mass is 10.0. The molecule has 8 heteroatoms. The summed E-state index contributed by atoms with van der Waals surface area (Å²) in [6.45, 7) is 3.34. The predicted octanol–water partition coefficient (Wildman–Crippen LogP) is 2.53. The normalized spacial score (nSPS) is 14.5. The smallest absolute Gasteiger partial charge is 0.321 e. The first-order valence-corrected chi connectivity index (χ1v) is 9.24. The van der Waals surface area contributed by atoms with E-state index < -0.39 is 10.1 Å². The Morgan fingerprint density at radius 1 is 1.24 bits per heavy atom. The van der Waals surface area contributed by atoms with E-state index in [-0.39, 0.29) is 10.9 Å². The highest BCUT2D eigenvalue weighted by atomic mass is 32.2. The SMILES string of the molecule is CCOc1cccc(-c2cc(N3CCNC3=O)ccc2S(=O)(=O)O)c1. The highest BCUT2D eigenvalue weighted by molar-refractivity contribution is 7.86. The van der Waals surface area contributed by atoms with Crippen molar-refractivity contribution in [3.63, 3.8) is 0 Å². The second-order valence-corrected chi connectivity index (χ2v) is 6.89. The third kappa shape index (κ3) is 3.59. The number of anilines is 1. The van der Waals surface area contributed by atoms with Crippen LogP contribution >= 0.6 is 0 Å². The van der Waals surface area contributed by atoms with E-state index in [9.17, 15) is 17.8 Å². The van der Waals surface area contributed by atoms with Crippen LogP contribution in [0.2, 0.25) is 0 Å². The van der Waals surface area contributed by atoms with Gasteiger partial charge in [-0.25, -0.2) is 4.79 Å². The van der Waals surface area contributed by atoms with Gasteiger partial charge in [-0.3, -0.25) is 9.45 Å². The van der Waals surface area contributed by atoms with Crippen molar-refractivity contribution >= 4 is 21.8 Å². The lowest BCUT2D eigenvalue weighted by Crippen LogP contribution is -2.27. The second kappa shape index (κ2) is 6.73. The maximum absolute atomic E-state index is 11.9. The lowest BCUT2D eigenvalue weighted by Gasteiger charge is -2.17. The van der Waals surface area contributed by atoms with Crippen molar-refractivity contribution in [3.8, 4) is 16.9 Å². The van der Waals surface area contributed by atoms with Gasteiger partial charge in [0, 0.05) is 24.3 Å². The molecule has 3 rings (SSSR count). The topological polar surface area (TPSA) is 95.9 Å². The standard InChI is InChI=1S/C17H18N2O5S/c1-2-24-14-5-3-4-12(10-14)15-11-13(19-9-8-18-17(19)20)6-7-16(15)25(21,22)23/h3-7,10-11H,2,8-9H2,1H3,(H,18,20)(H,21,22,23). The zero-order valence-electron chi connectivity index (χ0n) is 13.6. The predicted molar refractivity (Wildman–Crippen MR) is 93.6 cm³/mol. The van der Waals surface area contributed by atoms with Crippen LogP contribution in [0.5, 0.6) is 5.75 Å². The molecule has 1 heterocycles. The molecule has 2 amide bonds. The molecule has 0 saturated carbocycles. The van der Waals surface area contributed by atoms with Crippen molar-refractivity contribution in [1.29, 1.82) is 0 Å². The van der Waals surface area contributed by atoms with Crippen molar-refractivity contribution in [1.82, 2.24) is 5.32 Å². The molecule has 1 aliphatic heterocycles. The molecule has 0 aliphatic carbocycles. The van der Waals surface area contributed by atoms with Crippen LogP contribution < -0.4 is 15.0 Å². The molecule has 0 unspecified atom stereocenters. The number of carbonyl (C=O) groups excluding carboxylic acids is 1. The van der Waals surface area contributed by atoms with Crippen LogP contribution in [0.4, 0.5) is 10.5 Å². The molecule has 1 fully saturated rings. The highest BCUT2D eigenvalue weighted by Gasteiger charge is 2.24. The van der Waals surface area contributed by atoms with Gasteiger partial charge in [-0.1, -0.05) is 12.1 Å². The van der Waals surface area contributed by atoms with Crippen LogP contribution in [0.25, 0.3) is 11.1 Å². The van der Waals surface area contributed by atoms with E-state index in [0.717, 1.165) is 0 Å². The summed E-state index contributed by atoms with van der Waals surface area (Å²) in [4.78, 5) is 13.2. The summed E-state index contributed by atoms with van der Waals surface area (Å²) in [5.74, 6) is 0.589. The van der Waals surface area contributed by atoms with Gasteiger partial charge in [0.2, 0.25) is 0 Å². The van der Waals surface area contributed by atoms with Gasteiger partial charge in [0.05, 0.1) is 6.61 Å². The van der Waals surface area contributed by atoms with Gasteiger partial charge in [0.15, 0.2) is 0 Å². The fourth-order valence-corrected chi connectivity index (χ4v) is 3.47. The number of nitrogens with zero attached hydrogens (tertiary/aromatic N) is 1. The summed E-state index contributed by atoms with van der Waals surface area (Å²) in [7, 11) is -4.42. The van der Waals surface area contributed by atoms with Crippen molar-refractivity contribution < 1.29 is 22.5 Å². The Labute approximate surface area is 146 Å². The van der Waals surface area contributed by atoms with Crippen molar-refractivity contribution in [2.24, 2.45) is 0 Å². The lowest BCUT2D eigenvalue weighted by molar-refractivity contribution is 0.252. The van der Waals surface area contributed by atoms with Crippen molar-refractivity contribution in [2.75, 3.05) is 24.6 Å². The summed E-state index contributed by atoms with van der Waals surface area (Å²) < 4.78 is 38.5. The average molecular weight is 362 g/mol. The molecule has 2 aromatic carbocycles. The number of carbonyl (C=O) groups is 1. The summed E-state index contributed by atoms with van der Waals surface area (Å²) in [5, 5.41) is 2.70. The number of hydrogen-bond donors (Lipinski definition) is 2. The highest BCUT2D eigenvalue weighted by Crippen LogP contribution is 2.33. The molecule has 0 spiro atoms. The Hall–Kier alpha value is -2.58. The molecule has 25 heavy (non-hydrogen) atoms. The first kappa shape index (κ1) is 17.2. The number of rotatable bonds is 5. The summed E-state index contributed by atoms with van der Waals surface area (Å²) in [6, 6.07) is 11.1. The number of nitrogens with one attached hydrogen (secondary N) is 1. The number of hydrogen-bond acceptors (Lipinski definition) is 4. The van der Waals surface area contributed by atoms with Gasteiger partial charge in [-0.05, 0) is 42.8 Å². The fraction of sp³-hybridized carbons (Fsp3) is 0.235. The van der Waals surface area contributed by atoms with E-state index in [1.807, 2.05) is 6.92 Å². The Morgan fingerprint density at radius 2 is 2.04 bits per heavy atom. The van der Waals surface area contributed by atoms with Crippen LogP contribution in [-0.4, -0.2) is 38.7 Å². The Kier molecular flexibility index (Phi) is 4.65. The van der Waals surface area contributed by atoms with Gasteiger partial charge >= 0.3 is 6.03 Å². The van der Waals surface area contributed by atoms with Gasteiger partial charge in [0.25, 0.3) is 10.1 Å². The minimum absolute atomic E-state index is 0.218. The Morgan fingerprint density at radius 3 is 2.68 bits per heavy atom. The second-order valence-electron chi connectivity index (χ2n) is 5.50. The van der Waals surface area contributed by atoms with Crippen LogP contribution in [0, 0.1) is 0 Å². The molecule has 0 bridgehead atoms. The molecule has 132 valence electrons. The molecular formula is C17H18N2O5S. The first-order chi connectivity index (χ1) is 11.9. The van der Waals surface area contributed by atoms with E-state index >= 15 is 0 Å². The molecule has 2 aromatic rings. The van der Waals surface area contributed by atoms with Crippen molar-refractivity contribution in [3.05, 3.63) is 42.5 Å². The molecular weight excluding hydrogens is 344 g/mol. The molecule has 2 N–H and O–H groups in total. The van der Waals surface area contributed by atoms with Crippen LogP contribution in [-0.2, 0) is 10.1 Å². The van der Waals surface area contributed by atoms with Gasteiger partial charge in [0.1, 0.15) is 10.6 Å².